The van der Waals surface area contributed by atoms with E-state index in [0.29, 0.717) is 18.7 Å². The highest BCUT2D eigenvalue weighted by molar-refractivity contribution is 7.89. The molecular formula is C19H22N6O2S. The van der Waals surface area contributed by atoms with Crippen molar-refractivity contribution in [3.05, 3.63) is 54.7 Å². The summed E-state index contributed by atoms with van der Waals surface area (Å²) in [5.41, 5.74) is 8.24. The third kappa shape index (κ3) is 3.38. The van der Waals surface area contributed by atoms with Crippen molar-refractivity contribution in [2.75, 3.05) is 12.3 Å². The van der Waals surface area contributed by atoms with Gasteiger partial charge in [-0.15, -0.1) is 0 Å². The van der Waals surface area contributed by atoms with Crippen molar-refractivity contribution < 1.29 is 8.42 Å². The zero-order valence-corrected chi connectivity index (χ0v) is 16.4. The minimum atomic E-state index is -3.75. The molecule has 0 amide bonds. The zero-order valence-electron chi connectivity index (χ0n) is 15.6. The summed E-state index contributed by atoms with van der Waals surface area (Å²) in [4.78, 5) is 12.7. The van der Waals surface area contributed by atoms with Crippen LogP contribution < -0.4 is 5.73 Å². The molecule has 1 aliphatic rings. The van der Waals surface area contributed by atoms with Crippen LogP contribution in [-0.2, 0) is 17.1 Å². The molecule has 9 heteroatoms. The molecular weight excluding hydrogens is 376 g/mol. The van der Waals surface area contributed by atoms with Crippen LogP contribution in [0.4, 0.5) is 5.95 Å². The van der Waals surface area contributed by atoms with Crippen molar-refractivity contribution in [1.82, 2.24) is 23.8 Å². The monoisotopic (exact) mass is 398 g/mol. The molecule has 28 heavy (non-hydrogen) atoms. The van der Waals surface area contributed by atoms with Crippen LogP contribution in [0.15, 0.2) is 54.1 Å². The number of nitrogens with two attached hydrogens (primary N) is 1. The van der Waals surface area contributed by atoms with Crippen molar-refractivity contribution in [1.29, 1.82) is 0 Å². The number of imidazole rings is 1. The number of benzene rings is 1. The number of sulfonamides is 1. The molecule has 1 aromatic carbocycles. The van der Waals surface area contributed by atoms with E-state index in [1.54, 1.807) is 17.8 Å². The first kappa shape index (κ1) is 18.6. The zero-order chi connectivity index (χ0) is 19.7. The lowest BCUT2D eigenvalue weighted by Crippen LogP contribution is -2.39. The predicted octanol–water partition coefficient (Wildman–Crippen LogP) is 2.38. The van der Waals surface area contributed by atoms with Crippen LogP contribution in [0.2, 0.25) is 0 Å². The highest BCUT2D eigenvalue weighted by atomic mass is 32.2. The lowest BCUT2D eigenvalue weighted by Gasteiger charge is -2.34. The van der Waals surface area contributed by atoms with Gasteiger partial charge < -0.3 is 10.3 Å². The van der Waals surface area contributed by atoms with Gasteiger partial charge in [0.1, 0.15) is 0 Å². The highest BCUT2D eigenvalue weighted by Gasteiger charge is 2.37. The molecule has 2 N–H and O–H groups in total. The molecule has 1 saturated heterocycles. The van der Waals surface area contributed by atoms with Gasteiger partial charge in [0.05, 0.1) is 18.1 Å². The fraction of sp³-hybridized carbons (Fsp3) is 0.316. The Kier molecular flexibility index (Phi) is 4.86. The van der Waals surface area contributed by atoms with Gasteiger partial charge in [-0.25, -0.2) is 23.4 Å². The molecule has 146 valence electrons. The maximum Gasteiger partial charge on any atom is 0.262 e. The fourth-order valence-electron chi connectivity index (χ4n) is 3.61. The van der Waals surface area contributed by atoms with E-state index in [1.165, 1.54) is 16.8 Å². The number of anilines is 1. The van der Waals surface area contributed by atoms with Crippen molar-refractivity contribution in [3.8, 4) is 11.1 Å². The largest absolute Gasteiger partial charge is 0.368 e. The molecule has 0 unspecified atom stereocenters. The number of hydrogen-bond acceptors (Lipinski definition) is 6. The highest BCUT2D eigenvalue weighted by Crippen LogP contribution is 2.38. The fourth-order valence-corrected chi connectivity index (χ4v) is 5.24. The SMILES string of the molecule is Cn1cnc(S(=O)(=O)N2CCCC[C@H]2c2nc(N)ncc2-c2ccccc2)c1. The number of nitrogen functional groups attached to an aromatic ring is 1. The molecule has 3 aromatic rings. The van der Waals surface area contributed by atoms with Gasteiger partial charge in [0.2, 0.25) is 5.95 Å². The molecule has 0 aliphatic carbocycles. The molecule has 3 heterocycles. The van der Waals surface area contributed by atoms with Gasteiger partial charge in [-0.05, 0) is 18.4 Å². The lowest BCUT2D eigenvalue weighted by molar-refractivity contribution is 0.251. The van der Waals surface area contributed by atoms with Crippen molar-refractivity contribution in [2.24, 2.45) is 7.05 Å². The average Bonchev–Trinajstić information content (AvgIpc) is 3.16. The van der Waals surface area contributed by atoms with E-state index in [4.69, 9.17) is 5.73 Å². The molecule has 1 aliphatic heterocycles. The number of aryl methyl sites for hydroxylation is 1. The third-order valence-electron chi connectivity index (χ3n) is 4.95. The standard InChI is InChI=1S/C19H22N6O2S/c1-24-12-17(22-13-24)28(26,27)25-10-6-5-9-16(25)18-15(11-21-19(20)23-18)14-7-3-2-4-8-14/h2-4,7-8,11-13,16H,5-6,9-10H2,1H3,(H2,20,21,23)/t16-/m0/s1. The first-order chi connectivity index (χ1) is 13.5. The van der Waals surface area contributed by atoms with E-state index in [2.05, 4.69) is 15.0 Å². The van der Waals surface area contributed by atoms with Crippen LogP contribution in [0.5, 0.6) is 0 Å². The van der Waals surface area contributed by atoms with Gasteiger partial charge in [-0.2, -0.15) is 4.31 Å². The maximum absolute atomic E-state index is 13.3. The Bertz CT molecular complexity index is 1080. The number of piperidine rings is 1. The van der Waals surface area contributed by atoms with E-state index in [-0.39, 0.29) is 11.0 Å². The van der Waals surface area contributed by atoms with Crippen LogP contribution in [0.1, 0.15) is 31.0 Å². The van der Waals surface area contributed by atoms with Crippen molar-refractivity contribution >= 4 is 16.0 Å². The van der Waals surface area contributed by atoms with Gasteiger partial charge in [0.15, 0.2) is 5.03 Å². The van der Waals surface area contributed by atoms with E-state index in [0.717, 1.165) is 24.0 Å². The Morgan fingerprint density at radius 3 is 2.64 bits per heavy atom. The first-order valence-electron chi connectivity index (χ1n) is 9.14. The lowest BCUT2D eigenvalue weighted by atomic mass is 9.95. The molecule has 0 saturated carbocycles. The number of rotatable bonds is 4. The second-order valence-electron chi connectivity index (χ2n) is 6.90. The summed E-state index contributed by atoms with van der Waals surface area (Å²) in [6.45, 7) is 0.418. The molecule has 0 spiro atoms. The normalized spacial score (nSPS) is 18.2. The van der Waals surface area contributed by atoms with Crippen LogP contribution >= 0.6 is 0 Å². The van der Waals surface area contributed by atoms with E-state index in [1.807, 2.05) is 30.3 Å². The minimum absolute atomic E-state index is 0.0465. The summed E-state index contributed by atoms with van der Waals surface area (Å²) in [5.74, 6) is 0.135. The quantitative estimate of drug-likeness (QED) is 0.723. The molecule has 1 fully saturated rings. The summed E-state index contributed by atoms with van der Waals surface area (Å²) < 4.78 is 29.7. The van der Waals surface area contributed by atoms with E-state index in [9.17, 15) is 8.42 Å². The second-order valence-corrected chi connectivity index (χ2v) is 8.74. The van der Waals surface area contributed by atoms with Gasteiger partial charge in [-0.1, -0.05) is 36.8 Å². The summed E-state index contributed by atoms with van der Waals surface area (Å²) in [6, 6.07) is 9.29. The summed E-state index contributed by atoms with van der Waals surface area (Å²) in [7, 11) is -2.00. The first-order valence-corrected chi connectivity index (χ1v) is 10.6. The van der Waals surface area contributed by atoms with Gasteiger partial charge in [0, 0.05) is 31.5 Å². The van der Waals surface area contributed by atoms with Gasteiger partial charge >= 0.3 is 0 Å². The molecule has 2 aromatic heterocycles. The Morgan fingerprint density at radius 1 is 1.14 bits per heavy atom. The average molecular weight is 398 g/mol. The molecule has 8 nitrogen and oxygen atoms in total. The van der Waals surface area contributed by atoms with Crippen molar-refractivity contribution in [2.45, 2.75) is 30.3 Å². The summed E-state index contributed by atoms with van der Waals surface area (Å²) in [5, 5.41) is 0.0465. The van der Waals surface area contributed by atoms with Gasteiger partial charge in [-0.3, -0.25) is 0 Å². The molecule has 4 rings (SSSR count). The minimum Gasteiger partial charge on any atom is -0.368 e. The third-order valence-corrected chi connectivity index (χ3v) is 6.74. The molecule has 0 radical (unpaired) electrons. The Balaban J connectivity index is 1.82. The Labute approximate surface area is 164 Å². The molecule has 0 bridgehead atoms. The molecule has 1 atom stereocenters. The van der Waals surface area contributed by atoms with Crippen molar-refractivity contribution in [3.63, 3.8) is 0 Å². The summed E-state index contributed by atoms with van der Waals surface area (Å²) in [6.07, 6.45) is 7.06. The summed E-state index contributed by atoms with van der Waals surface area (Å²) >= 11 is 0. The number of nitrogens with zero attached hydrogens (tertiary/aromatic N) is 5. The Morgan fingerprint density at radius 2 is 1.93 bits per heavy atom. The van der Waals surface area contributed by atoms with Crippen LogP contribution in [0.25, 0.3) is 11.1 Å². The van der Waals surface area contributed by atoms with Crippen LogP contribution in [0.3, 0.4) is 0 Å². The van der Waals surface area contributed by atoms with Gasteiger partial charge in [0.25, 0.3) is 10.0 Å². The smallest absolute Gasteiger partial charge is 0.262 e. The second kappa shape index (κ2) is 7.33. The maximum atomic E-state index is 13.3. The predicted molar refractivity (Wildman–Crippen MR) is 106 cm³/mol. The Hall–Kier alpha value is -2.78. The van der Waals surface area contributed by atoms with Crippen LogP contribution in [0, 0.1) is 0 Å². The number of hydrogen-bond donors (Lipinski definition) is 1. The van der Waals surface area contributed by atoms with E-state index >= 15 is 0 Å². The number of aromatic nitrogens is 4. The topological polar surface area (TPSA) is 107 Å². The van der Waals surface area contributed by atoms with Crippen LogP contribution in [-0.4, -0.2) is 38.8 Å². The van der Waals surface area contributed by atoms with E-state index < -0.39 is 16.1 Å².